The molecule has 3 N–H and O–H groups in total. The molecule has 0 bridgehead atoms. The summed E-state index contributed by atoms with van der Waals surface area (Å²) in [5, 5.41) is 15.4. The second kappa shape index (κ2) is 11.2. The predicted molar refractivity (Wildman–Crippen MR) is 145 cm³/mol. The molecule has 2 aliphatic heterocycles. The Morgan fingerprint density at radius 3 is 2.76 bits per heavy atom. The van der Waals surface area contributed by atoms with Crippen LogP contribution in [-0.4, -0.2) is 78.9 Å². The number of piperazine rings is 1. The minimum atomic E-state index is -0.222. The van der Waals surface area contributed by atoms with Gasteiger partial charge >= 0.3 is 0 Å². The van der Waals surface area contributed by atoms with E-state index < -0.39 is 0 Å². The first kappa shape index (κ1) is 25.7. The van der Waals surface area contributed by atoms with Crippen LogP contribution in [0.3, 0.4) is 0 Å². The summed E-state index contributed by atoms with van der Waals surface area (Å²) < 4.78 is 7.64. The van der Waals surface area contributed by atoms with Gasteiger partial charge in [0.15, 0.2) is 5.65 Å². The highest BCUT2D eigenvalue weighted by molar-refractivity contribution is 6.09. The number of benzene rings is 1. The standard InChI is InChI=1S/C24H26N8O2.C3H8O/c1-16-9-17-10-20(29-24(33)19-13-28-32-4-2-3-26-23(19)32)21(11-22(17)34-16)31-7-5-30(6-8-31)14-18-12-25-15-27-18;1-3(2)4/h2-4,10-13,15-16H,5-9,14H2,1H3,(H,25,27)(H,29,33);3-4H,1-2H3. The molecule has 11 heteroatoms. The van der Waals surface area contributed by atoms with Crippen LogP contribution >= 0.6 is 0 Å². The van der Waals surface area contributed by atoms with Gasteiger partial charge in [-0.3, -0.25) is 9.69 Å². The number of imidazole rings is 1. The number of amides is 1. The van der Waals surface area contributed by atoms with Crippen molar-refractivity contribution >= 4 is 22.9 Å². The Labute approximate surface area is 221 Å². The zero-order valence-electron chi connectivity index (χ0n) is 22.0. The summed E-state index contributed by atoms with van der Waals surface area (Å²) in [7, 11) is 0. The molecule has 5 heterocycles. The van der Waals surface area contributed by atoms with E-state index in [0.29, 0.717) is 11.2 Å². The summed E-state index contributed by atoms with van der Waals surface area (Å²) in [6, 6.07) is 5.92. The normalized spacial score (nSPS) is 17.2. The second-order valence-corrected chi connectivity index (χ2v) is 9.94. The number of nitrogens with one attached hydrogen (secondary N) is 2. The summed E-state index contributed by atoms with van der Waals surface area (Å²) in [5.74, 6) is 0.679. The quantitative estimate of drug-likeness (QED) is 0.369. The van der Waals surface area contributed by atoms with Crippen LogP contribution in [-0.2, 0) is 13.0 Å². The average Bonchev–Trinajstić information content (AvgIpc) is 3.63. The van der Waals surface area contributed by atoms with Gasteiger partial charge in [0, 0.05) is 81.2 Å². The molecule has 1 atom stereocenters. The average molecular weight is 519 g/mol. The van der Waals surface area contributed by atoms with E-state index in [-0.39, 0.29) is 18.1 Å². The molecule has 6 rings (SSSR count). The Kier molecular flexibility index (Phi) is 7.57. The van der Waals surface area contributed by atoms with Crippen LogP contribution in [0.25, 0.3) is 5.65 Å². The molecule has 2 aliphatic rings. The highest BCUT2D eigenvalue weighted by atomic mass is 16.5. The zero-order chi connectivity index (χ0) is 26.6. The largest absolute Gasteiger partial charge is 0.490 e. The van der Waals surface area contributed by atoms with Gasteiger partial charge in [-0.1, -0.05) is 0 Å². The molecule has 11 nitrogen and oxygen atoms in total. The summed E-state index contributed by atoms with van der Waals surface area (Å²) >= 11 is 0. The Bertz CT molecular complexity index is 1370. The van der Waals surface area contributed by atoms with E-state index in [2.05, 4.69) is 54.2 Å². The molecule has 0 spiro atoms. The number of carbonyl (C=O) groups is 1. The van der Waals surface area contributed by atoms with E-state index in [1.54, 1.807) is 49.3 Å². The van der Waals surface area contributed by atoms with Crippen molar-refractivity contribution in [1.29, 1.82) is 0 Å². The van der Waals surface area contributed by atoms with Crippen molar-refractivity contribution in [3.05, 3.63) is 66.1 Å². The van der Waals surface area contributed by atoms with Crippen LogP contribution in [0.2, 0.25) is 0 Å². The lowest BCUT2D eigenvalue weighted by Crippen LogP contribution is -2.46. The van der Waals surface area contributed by atoms with Crippen molar-refractivity contribution in [2.24, 2.45) is 0 Å². The molecule has 0 saturated carbocycles. The fourth-order valence-corrected chi connectivity index (χ4v) is 4.75. The van der Waals surface area contributed by atoms with Crippen LogP contribution in [0.5, 0.6) is 5.75 Å². The molecule has 1 aromatic carbocycles. The highest BCUT2D eigenvalue weighted by Gasteiger charge is 2.27. The molecular formula is C27H34N8O3. The smallest absolute Gasteiger partial charge is 0.261 e. The third-order valence-corrected chi connectivity index (χ3v) is 6.45. The Morgan fingerprint density at radius 2 is 2.03 bits per heavy atom. The van der Waals surface area contributed by atoms with Crippen molar-refractivity contribution < 1.29 is 14.6 Å². The molecule has 0 aliphatic carbocycles. The van der Waals surface area contributed by atoms with Gasteiger partial charge in [-0.15, -0.1) is 0 Å². The van der Waals surface area contributed by atoms with E-state index >= 15 is 0 Å². The zero-order valence-corrected chi connectivity index (χ0v) is 22.0. The van der Waals surface area contributed by atoms with Gasteiger partial charge in [-0.2, -0.15) is 5.10 Å². The summed E-state index contributed by atoms with van der Waals surface area (Å²) in [6.45, 7) is 9.89. The van der Waals surface area contributed by atoms with Crippen LogP contribution in [0.15, 0.2) is 49.3 Å². The van der Waals surface area contributed by atoms with E-state index in [4.69, 9.17) is 9.84 Å². The van der Waals surface area contributed by atoms with Gasteiger partial charge in [-0.05, 0) is 32.9 Å². The number of aliphatic hydroxyl groups excluding tert-OH is 1. The third kappa shape index (κ3) is 5.79. The lowest BCUT2D eigenvalue weighted by molar-refractivity contribution is 0.102. The van der Waals surface area contributed by atoms with Gasteiger partial charge < -0.3 is 25.0 Å². The molecule has 4 aromatic rings. The maximum absolute atomic E-state index is 13.2. The van der Waals surface area contributed by atoms with Crippen LogP contribution in [0.1, 0.15) is 42.4 Å². The first-order chi connectivity index (χ1) is 18.4. The number of nitrogens with zero attached hydrogens (tertiary/aromatic N) is 6. The molecule has 38 heavy (non-hydrogen) atoms. The number of aromatic amines is 1. The Hall–Kier alpha value is -3.96. The maximum Gasteiger partial charge on any atom is 0.261 e. The second-order valence-electron chi connectivity index (χ2n) is 9.94. The van der Waals surface area contributed by atoms with Gasteiger partial charge in [0.1, 0.15) is 17.4 Å². The van der Waals surface area contributed by atoms with E-state index in [1.807, 2.05) is 6.20 Å². The van der Waals surface area contributed by atoms with Crippen LogP contribution in [0.4, 0.5) is 11.4 Å². The van der Waals surface area contributed by atoms with Gasteiger partial charge in [0.25, 0.3) is 5.91 Å². The number of aromatic nitrogens is 5. The number of anilines is 2. The minimum Gasteiger partial charge on any atom is -0.490 e. The summed E-state index contributed by atoms with van der Waals surface area (Å²) in [5.41, 5.74) is 4.98. The predicted octanol–water partition coefficient (Wildman–Crippen LogP) is 2.74. The molecule has 0 radical (unpaired) electrons. The Morgan fingerprint density at radius 1 is 1.24 bits per heavy atom. The van der Waals surface area contributed by atoms with Crippen molar-refractivity contribution in [2.45, 2.75) is 45.9 Å². The molecule has 3 aromatic heterocycles. The molecule has 1 fully saturated rings. The lowest BCUT2D eigenvalue weighted by atomic mass is 10.1. The molecule has 1 saturated heterocycles. The first-order valence-electron chi connectivity index (χ1n) is 12.9. The maximum atomic E-state index is 13.2. The lowest BCUT2D eigenvalue weighted by Gasteiger charge is -2.37. The number of aliphatic hydroxyl groups is 1. The fraction of sp³-hybridized carbons (Fsp3) is 0.407. The van der Waals surface area contributed by atoms with Crippen LogP contribution < -0.4 is 15.0 Å². The summed E-state index contributed by atoms with van der Waals surface area (Å²) in [4.78, 5) is 29.6. The number of rotatable bonds is 5. The first-order valence-corrected chi connectivity index (χ1v) is 12.9. The highest BCUT2D eigenvalue weighted by Crippen LogP contribution is 2.39. The van der Waals surface area contributed by atoms with E-state index in [0.717, 1.165) is 67.5 Å². The topological polar surface area (TPSA) is 124 Å². The minimum absolute atomic E-state index is 0.129. The number of carbonyl (C=O) groups excluding carboxylic acids is 1. The SMILES string of the molecule is CC(C)O.CC1Cc2cc(NC(=O)c3cnn4cccnc34)c(N3CCN(Cc4cnc[nH]4)CC3)cc2O1. The fourth-order valence-electron chi connectivity index (χ4n) is 4.75. The van der Waals surface area contributed by atoms with Crippen molar-refractivity contribution in [3.63, 3.8) is 0 Å². The van der Waals surface area contributed by atoms with Gasteiger partial charge in [0.05, 0.1) is 23.9 Å². The van der Waals surface area contributed by atoms with Gasteiger partial charge in [0.2, 0.25) is 0 Å². The Balaban J connectivity index is 0.000000689. The van der Waals surface area contributed by atoms with Crippen molar-refractivity contribution in [1.82, 2.24) is 29.5 Å². The van der Waals surface area contributed by atoms with Crippen molar-refractivity contribution in [3.8, 4) is 5.75 Å². The van der Waals surface area contributed by atoms with E-state index in [9.17, 15) is 4.79 Å². The molecule has 200 valence electrons. The number of ether oxygens (including phenoxy) is 1. The van der Waals surface area contributed by atoms with Crippen molar-refractivity contribution in [2.75, 3.05) is 36.4 Å². The molecular weight excluding hydrogens is 484 g/mol. The van der Waals surface area contributed by atoms with Gasteiger partial charge in [-0.25, -0.2) is 14.5 Å². The summed E-state index contributed by atoms with van der Waals surface area (Å²) in [6.07, 6.45) is 9.37. The molecule has 1 unspecified atom stereocenters. The molecule has 1 amide bonds. The number of hydrogen-bond donors (Lipinski definition) is 3. The number of H-pyrrole nitrogens is 1. The van der Waals surface area contributed by atoms with Crippen LogP contribution in [0, 0.1) is 0 Å². The number of hydrogen-bond acceptors (Lipinski definition) is 8. The number of fused-ring (bicyclic) bond motifs is 2. The third-order valence-electron chi connectivity index (χ3n) is 6.45. The van der Waals surface area contributed by atoms with E-state index in [1.165, 1.54) is 0 Å². The monoisotopic (exact) mass is 518 g/mol.